The largest absolute Gasteiger partial charge is 0.446 e. The van der Waals surface area contributed by atoms with Crippen LogP contribution in [0.2, 0.25) is 0 Å². The Morgan fingerprint density at radius 2 is 1.91 bits per heavy atom. The number of fused-ring (bicyclic) bond motifs is 1. The average Bonchev–Trinajstić information content (AvgIpc) is 2.96. The van der Waals surface area contributed by atoms with Crippen molar-refractivity contribution in [2.75, 3.05) is 6.61 Å². The SMILES string of the molecule is CCC(C)[C@H]1COC(=O)N1S(=O)(=O)c1ccc2ccccc2c1. The van der Waals surface area contributed by atoms with E-state index >= 15 is 0 Å². The summed E-state index contributed by atoms with van der Waals surface area (Å²) in [5.74, 6) is 0.0386. The molecule has 1 unspecified atom stereocenters. The molecule has 0 spiro atoms. The zero-order chi connectivity index (χ0) is 16.6. The Labute approximate surface area is 135 Å². The van der Waals surface area contributed by atoms with E-state index in [9.17, 15) is 13.2 Å². The van der Waals surface area contributed by atoms with E-state index in [1.165, 1.54) is 6.07 Å². The molecule has 5 nitrogen and oxygen atoms in total. The van der Waals surface area contributed by atoms with Crippen molar-refractivity contribution in [2.45, 2.75) is 31.2 Å². The number of rotatable bonds is 4. The quantitative estimate of drug-likeness (QED) is 0.860. The van der Waals surface area contributed by atoms with E-state index in [1.807, 2.05) is 38.1 Å². The van der Waals surface area contributed by atoms with Gasteiger partial charge in [0.2, 0.25) is 0 Å². The van der Waals surface area contributed by atoms with Crippen LogP contribution >= 0.6 is 0 Å². The number of carbonyl (C=O) groups is 1. The van der Waals surface area contributed by atoms with Gasteiger partial charge in [-0.3, -0.25) is 0 Å². The van der Waals surface area contributed by atoms with Gasteiger partial charge in [0.1, 0.15) is 6.61 Å². The molecule has 2 atom stereocenters. The maximum absolute atomic E-state index is 12.9. The van der Waals surface area contributed by atoms with Gasteiger partial charge in [-0.1, -0.05) is 50.6 Å². The van der Waals surface area contributed by atoms with E-state index in [1.54, 1.807) is 12.1 Å². The summed E-state index contributed by atoms with van der Waals surface area (Å²) in [4.78, 5) is 12.1. The fourth-order valence-corrected chi connectivity index (χ4v) is 4.43. The highest BCUT2D eigenvalue weighted by Crippen LogP contribution is 2.30. The summed E-state index contributed by atoms with van der Waals surface area (Å²) < 4.78 is 31.8. The van der Waals surface area contributed by atoms with E-state index in [0.29, 0.717) is 0 Å². The molecule has 3 rings (SSSR count). The molecule has 1 heterocycles. The molecule has 2 aromatic rings. The van der Waals surface area contributed by atoms with Crippen LogP contribution in [0.3, 0.4) is 0 Å². The molecule has 1 amide bonds. The maximum Gasteiger partial charge on any atom is 0.424 e. The first-order valence-electron chi connectivity index (χ1n) is 7.65. The second-order valence-corrected chi connectivity index (χ2v) is 7.65. The predicted octanol–water partition coefficient (Wildman–Crippen LogP) is 3.40. The maximum atomic E-state index is 12.9. The number of amides is 1. The standard InChI is InChI=1S/C17H19NO4S/c1-3-12(2)16-11-22-17(19)18(16)23(20,21)15-9-8-13-6-4-5-7-14(13)10-15/h4-10,12,16H,3,11H2,1-2H3/t12?,16-/m1/s1. The molecular weight excluding hydrogens is 314 g/mol. The van der Waals surface area contributed by atoms with Gasteiger partial charge in [0, 0.05) is 0 Å². The molecule has 6 heteroatoms. The van der Waals surface area contributed by atoms with Crippen LogP contribution < -0.4 is 0 Å². The number of cyclic esters (lactones) is 1. The number of carbonyl (C=O) groups excluding carboxylic acids is 1. The van der Waals surface area contributed by atoms with Crippen molar-refractivity contribution in [1.82, 2.24) is 4.31 Å². The summed E-state index contributed by atoms with van der Waals surface area (Å²) in [6.07, 6.45) is -0.0196. The monoisotopic (exact) mass is 333 g/mol. The van der Waals surface area contributed by atoms with Gasteiger partial charge in [0.05, 0.1) is 10.9 Å². The van der Waals surface area contributed by atoms with Crippen LogP contribution in [-0.4, -0.2) is 31.5 Å². The van der Waals surface area contributed by atoms with Gasteiger partial charge in [-0.2, -0.15) is 4.31 Å². The third kappa shape index (κ3) is 2.67. The summed E-state index contributed by atoms with van der Waals surface area (Å²) in [5, 5.41) is 1.77. The molecule has 0 bridgehead atoms. The highest BCUT2D eigenvalue weighted by Gasteiger charge is 2.44. The molecule has 1 aliphatic heterocycles. The Bertz CT molecular complexity index is 847. The van der Waals surface area contributed by atoms with Gasteiger partial charge >= 0.3 is 6.09 Å². The molecule has 1 fully saturated rings. The molecule has 0 saturated carbocycles. The molecule has 1 aliphatic rings. The molecule has 0 aromatic heterocycles. The van der Waals surface area contributed by atoms with E-state index < -0.39 is 22.2 Å². The lowest BCUT2D eigenvalue weighted by atomic mass is 10.0. The smallest absolute Gasteiger partial charge is 0.424 e. The summed E-state index contributed by atoms with van der Waals surface area (Å²) in [6, 6.07) is 11.9. The van der Waals surface area contributed by atoms with Crippen molar-refractivity contribution in [3.05, 3.63) is 42.5 Å². The van der Waals surface area contributed by atoms with Gasteiger partial charge in [-0.15, -0.1) is 0 Å². The van der Waals surface area contributed by atoms with Crippen LogP contribution in [0.5, 0.6) is 0 Å². The Balaban J connectivity index is 2.06. The normalized spacial score (nSPS) is 19.8. The summed E-state index contributed by atoms with van der Waals surface area (Å²) in [6.45, 7) is 4.00. The fraction of sp³-hybridized carbons (Fsp3) is 0.353. The van der Waals surface area contributed by atoms with E-state index in [4.69, 9.17) is 4.74 Å². The molecule has 2 aromatic carbocycles. The van der Waals surface area contributed by atoms with Crippen LogP contribution in [0.1, 0.15) is 20.3 Å². The van der Waals surface area contributed by atoms with Crippen molar-refractivity contribution < 1.29 is 17.9 Å². The number of sulfonamides is 1. The number of ether oxygens (including phenoxy) is 1. The topological polar surface area (TPSA) is 63.7 Å². The van der Waals surface area contributed by atoms with Crippen LogP contribution in [0, 0.1) is 5.92 Å². The average molecular weight is 333 g/mol. The molecule has 0 radical (unpaired) electrons. The molecule has 0 N–H and O–H groups in total. The van der Waals surface area contributed by atoms with Gasteiger partial charge in [0.25, 0.3) is 10.0 Å². The predicted molar refractivity (Wildman–Crippen MR) is 87.6 cm³/mol. The van der Waals surface area contributed by atoms with Gasteiger partial charge in [-0.25, -0.2) is 13.2 Å². The highest BCUT2D eigenvalue weighted by molar-refractivity contribution is 7.89. The Morgan fingerprint density at radius 3 is 2.61 bits per heavy atom. The lowest BCUT2D eigenvalue weighted by molar-refractivity contribution is 0.169. The highest BCUT2D eigenvalue weighted by atomic mass is 32.2. The Kier molecular flexibility index (Phi) is 4.02. The van der Waals surface area contributed by atoms with Crippen molar-refractivity contribution >= 4 is 26.9 Å². The van der Waals surface area contributed by atoms with E-state index in [0.717, 1.165) is 21.5 Å². The van der Waals surface area contributed by atoms with Crippen LogP contribution in [0.15, 0.2) is 47.4 Å². The van der Waals surface area contributed by atoms with Crippen molar-refractivity contribution in [3.8, 4) is 0 Å². The minimum absolute atomic E-state index is 0.0386. The lowest BCUT2D eigenvalue weighted by Gasteiger charge is -2.25. The third-order valence-electron chi connectivity index (χ3n) is 4.44. The molecular formula is C17H19NO4S. The van der Waals surface area contributed by atoms with Crippen LogP contribution in [0.25, 0.3) is 10.8 Å². The van der Waals surface area contributed by atoms with Crippen molar-refractivity contribution in [3.63, 3.8) is 0 Å². The zero-order valence-electron chi connectivity index (χ0n) is 13.1. The summed E-state index contributed by atoms with van der Waals surface area (Å²) >= 11 is 0. The number of hydrogen-bond donors (Lipinski definition) is 0. The van der Waals surface area contributed by atoms with E-state index in [-0.39, 0.29) is 17.4 Å². The summed E-state index contributed by atoms with van der Waals surface area (Å²) in [5.41, 5.74) is 0. The Hall–Kier alpha value is -2.08. The van der Waals surface area contributed by atoms with Crippen LogP contribution in [-0.2, 0) is 14.8 Å². The van der Waals surface area contributed by atoms with E-state index in [2.05, 4.69) is 0 Å². The third-order valence-corrected chi connectivity index (χ3v) is 6.22. The fourth-order valence-electron chi connectivity index (χ4n) is 2.81. The minimum atomic E-state index is -3.92. The van der Waals surface area contributed by atoms with Gasteiger partial charge < -0.3 is 4.74 Å². The first-order chi connectivity index (χ1) is 10.9. The molecule has 23 heavy (non-hydrogen) atoms. The summed E-state index contributed by atoms with van der Waals surface area (Å²) in [7, 11) is -3.92. The number of benzene rings is 2. The van der Waals surface area contributed by atoms with Crippen molar-refractivity contribution in [2.24, 2.45) is 5.92 Å². The Morgan fingerprint density at radius 1 is 1.22 bits per heavy atom. The van der Waals surface area contributed by atoms with Gasteiger partial charge in [-0.05, 0) is 28.8 Å². The molecule has 1 saturated heterocycles. The number of hydrogen-bond acceptors (Lipinski definition) is 4. The number of nitrogens with zero attached hydrogens (tertiary/aromatic N) is 1. The zero-order valence-corrected chi connectivity index (χ0v) is 13.9. The molecule has 0 aliphatic carbocycles. The van der Waals surface area contributed by atoms with Gasteiger partial charge in [0.15, 0.2) is 0 Å². The van der Waals surface area contributed by atoms with Crippen molar-refractivity contribution in [1.29, 1.82) is 0 Å². The first-order valence-corrected chi connectivity index (χ1v) is 9.09. The second kappa shape index (κ2) is 5.85. The molecule has 122 valence electrons. The second-order valence-electron chi connectivity index (χ2n) is 5.84. The lowest BCUT2D eigenvalue weighted by Crippen LogP contribution is -2.42. The van der Waals surface area contributed by atoms with Crippen LogP contribution in [0.4, 0.5) is 4.79 Å². The first kappa shape index (κ1) is 15.8. The minimum Gasteiger partial charge on any atom is -0.446 e.